The van der Waals surface area contributed by atoms with E-state index >= 15 is 0 Å². The van der Waals surface area contributed by atoms with Crippen molar-refractivity contribution in [3.8, 4) is 28.7 Å². The highest BCUT2D eigenvalue weighted by molar-refractivity contribution is 5.50. The number of nitrogens with zero attached hydrogens (tertiary/aromatic N) is 1. The van der Waals surface area contributed by atoms with Crippen LogP contribution in [0.3, 0.4) is 0 Å². The summed E-state index contributed by atoms with van der Waals surface area (Å²) in [6.45, 7) is 1.65. The number of β-amino-alcohol motifs (C(OH)–C–C–N with tert-alkyl or cyclic N) is 1. The summed E-state index contributed by atoms with van der Waals surface area (Å²) in [4.78, 5) is 2.11. The Balaban J connectivity index is 1.69. The van der Waals surface area contributed by atoms with Crippen LogP contribution in [0.15, 0.2) is 30.3 Å². The van der Waals surface area contributed by atoms with E-state index in [1.54, 1.807) is 21.3 Å². The molecule has 164 valence electrons. The van der Waals surface area contributed by atoms with Gasteiger partial charge in [-0.05, 0) is 18.6 Å². The van der Waals surface area contributed by atoms with Gasteiger partial charge in [0.1, 0.15) is 35.3 Å². The standard InChI is InChI=1S/C22H28FNO6/c1-26-15-10-20(27-2)16(21(11-15)28-3)12-24-8-7-18(17(25)13-24)30-19-6-5-14(23)9-22(19)29-4/h5-6,9-11,17-18,25H,7-8,12-13H2,1-4H3/t17-,18-/m1/s1. The van der Waals surface area contributed by atoms with Gasteiger partial charge in [-0.2, -0.15) is 0 Å². The van der Waals surface area contributed by atoms with Gasteiger partial charge >= 0.3 is 0 Å². The second-order valence-electron chi connectivity index (χ2n) is 7.05. The third-order valence-electron chi connectivity index (χ3n) is 5.21. The third kappa shape index (κ3) is 4.88. The minimum absolute atomic E-state index is 0.303. The van der Waals surface area contributed by atoms with Crippen LogP contribution in [0.5, 0.6) is 28.7 Å². The van der Waals surface area contributed by atoms with Crippen molar-refractivity contribution in [2.45, 2.75) is 25.2 Å². The van der Waals surface area contributed by atoms with Crippen LogP contribution >= 0.6 is 0 Å². The highest BCUT2D eigenvalue weighted by atomic mass is 19.1. The lowest BCUT2D eigenvalue weighted by molar-refractivity contribution is -0.0286. The number of aliphatic hydroxyl groups excluding tert-OH is 1. The lowest BCUT2D eigenvalue weighted by Crippen LogP contribution is -2.48. The number of ether oxygens (including phenoxy) is 5. The Morgan fingerprint density at radius 3 is 2.17 bits per heavy atom. The summed E-state index contributed by atoms with van der Waals surface area (Å²) in [5, 5.41) is 10.7. The smallest absolute Gasteiger partial charge is 0.163 e. The van der Waals surface area contributed by atoms with Crippen molar-refractivity contribution in [3.05, 3.63) is 41.7 Å². The van der Waals surface area contributed by atoms with Gasteiger partial charge in [0.25, 0.3) is 0 Å². The monoisotopic (exact) mass is 421 g/mol. The first-order chi connectivity index (χ1) is 14.5. The van der Waals surface area contributed by atoms with E-state index in [0.717, 1.165) is 5.56 Å². The number of hydrogen-bond donors (Lipinski definition) is 1. The maximum Gasteiger partial charge on any atom is 0.163 e. The molecule has 0 bridgehead atoms. The van der Waals surface area contributed by atoms with Crippen LogP contribution in [-0.2, 0) is 6.54 Å². The molecule has 0 spiro atoms. The average molecular weight is 421 g/mol. The zero-order valence-electron chi connectivity index (χ0n) is 17.7. The molecule has 8 heteroatoms. The van der Waals surface area contributed by atoms with Gasteiger partial charge in [0, 0.05) is 37.8 Å². The van der Waals surface area contributed by atoms with Gasteiger partial charge in [0.2, 0.25) is 0 Å². The van der Waals surface area contributed by atoms with E-state index in [0.29, 0.717) is 54.8 Å². The number of halogens is 1. The SMILES string of the molecule is COc1cc(OC)c(CN2CC[C@@H](Oc3ccc(F)cc3OC)[C@H](O)C2)c(OC)c1. The van der Waals surface area contributed by atoms with Crippen LogP contribution in [-0.4, -0.2) is 63.7 Å². The Bertz CT molecular complexity index is 837. The van der Waals surface area contributed by atoms with Crippen LogP contribution in [0.25, 0.3) is 0 Å². The molecule has 0 radical (unpaired) electrons. The Labute approximate surface area is 175 Å². The molecule has 2 atom stereocenters. The van der Waals surface area contributed by atoms with Crippen molar-refractivity contribution in [2.75, 3.05) is 41.5 Å². The fourth-order valence-electron chi connectivity index (χ4n) is 3.62. The number of piperidine rings is 1. The first kappa shape index (κ1) is 22.0. The molecule has 0 aromatic heterocycles. The predicted octanol–water partition coefficient (Wildman–Crippen LogP) is 2.87. The van der Waals surface area contributed by atoms with Gasteiger partial charge in [-0.1, -0.05) is 0 Å². The molecule has 2 aromatic carbocycles. The minimum atomic E-state index is -0.719. The lowest BCUT2D eigenvalue weighted by atomic mass is 10.0. The van der Waals surface area contributed by atoms with E-state index in [1.807, 2.05) is 12.1 Å². The fourth-order valence-corrected chi connectivity index (χ4v) is 3.62. The van der Waals surface area contributed by atoms with Crippen molar-refractivity contribution in [2.24, 2.45) is 0 Å². The van der Waals surface area contributed by atoms with Crippen molar-refractivity contribution >= 4 is 0 Å². The van der Waals surface area contributed by atoms with Crippen molar-refractivity contribution in [3.63, 3.8) is 0 Å². The zero-order chi connectivity index (χ0) is 21.7. The van der Waals surface area contributed by atoms with Gasteiger partial charge in [0.15, 0.2) is 11.5 Å². The van der Waals surface area contributed by atoms with Crippen LogP contribution in [0, 0.1) is 5.82 Å². The maximum absolute atomic E-state index is 13.4. The zero-order valence-corrected chi connectivity index (χ0v) is 17.7. The quantitative estimate of drug-likeness (QED) is 0.703. The van der Waals surface area contributed by atoms with E-state index in [9.17, 15) is 9.50 Å². The van der Waals surface area contributed by atoms with E-state index < -0.39 is 18.0 Å². The van der Waals surface area contributed by atoms with E-state index in [2.05, 4.69) is 4.90 Å². The summed E-state index contributed by atoms with van der Waals surface area (Å²) in [5.41, 5.74) is 0.882. The molecule has 0 aliphatic carbocycles. The number of benzene rings is 2. The molecular formula is C22H28FNO6. The second-order valence-corrected chi connectivity index (χ2v) is 7.05. The summed E-state index contributed by atoms with van der Waals surface area (Å²) >= 11 is 0. The summed E-state index contributed by atoms with van der Waals surface area (Å²) in [5.74, 6) is 2.28. The van der Waals surface area contributed by atoms with Crippen LogP contribution in [0.1, 0.15) is 12.0 Å². The maximum atomic E-state index is 13.4. The molecule has 3 rings (SSSR count). The normalized spacial score (nSPS) is 19.3. The summed E-state index contributed by atoms with van der Waals surface area (Å²) in [6.07, 6.45) is -0.535. The topological polar surface area (TPSA) is 69.6 Å². The van der Waals surface area contributed by atoms with E-state index in [-0.39, 0.29) is 0 Å². The minimum Gasteiger partial charge on any atom is -0.496 e. The summed E-state index contributed by atoms with van der Waals surface area (Å²) < 4.78 is 40.8. The first-order valence-electron chi connectivity index (χ1n) is 9.68. The fraction of sp³-hybridized carbons (Fsp3) is 0.455. The molecule has 30 heavy (non-hydrogen) atoms. The molecule has 0 saturated carbocycles. The Kier molecular flexibility index (Phi) is 7.23. The van der Waals surface area contributed by atoms with Gasteiger partial charge in [-0.15, -0.1) is 0 Å². The largest absolute Gasteiger partial charge is 0.496 e. The summed E-state index contributed by atoms with van der Waals surface area (Å²) in [7, 11) is 6.24. The molecule has 2 aromatic rings. The van der Waals surface area contributed by atoms with Crippen molar-refractivity contribution < 1.29 is 33.2 Å². The predicted molar refractivity (Wildman–Crippen MR) is 109 cm³/mol. The Morgan fingerprint density at radius 2 is 1.60 bits per heavy atom. The molecule has 1 heterocycles. The highest BCUT2D eigenvalue weighted by Gasteiger charge is 2.31. The van der Waals surface area contributed by atoms with Gasteiger partial charge < -0.3 is 28.8 Å². The number of aliphatic hydroxyl groups is 1. The molecule has 0 unspecified atom stereocenters. The molecule has 1 aliphatic rings. The molecule has 1 fully saturated rings. The van der Waals surface area contributed by atoms with E-state index in [1.165, 1.54) is 25.3 Å². The van der Waals surface area contributed by atoms with Crippen LogP contribution in [0.2, 0.25) is 0 Å². The number of methoxy groups -OCH3 is 4. The first-order valence-corrected chi connectivity index (χ1v) is 9.68. The highest BCUT2D eigenvalue weighted by Crippen LogP contribution is 2.36. The summed E-state index contributed by atoms with van der Waals surface area (Å²) in [6, 6.07) is 7.71. The number of rotatable bonds is 8. The van der Waals surface area contributed by atoms with Gasteiger partial charge in [-0.3, -0.25) is 4.90 Å². The van der Waals surface area contributed by atoms with Gasteiger partial charge in [-0.25, -0.2) is 4.39 Å². The molecule has 0 amide bonds. The van der Waals surface area contributed by atoms with E-state index in [4.69, 9.17) is 23.7 Å². The second kappa shape index (κ2) is 9.86. The number of hydrogen-bond acceptors (Lipinski definition) is 7. The molecule has 7 nitrogen and oxygen atoms in total. The van der Waals surface area contributed by atoms with Crippen molar-refractivity contribution in [1.29, 1.82) is 0 Å². The Hall–Kier alpha value is -2.71. The van der Waals surface area contributed by atoms with Crippen molar-refractivity contribution in [1.82, 2.24) is 4.90 Å². The number of likely N-dealkylation sites (tertiary alicyclic amines) is 1. The lowest BCUT2D eigenvalue weighted by Gasteiger charge is -2.36. The molecular weight excluding hydrogens is 393 g/mol. The van der Waals surface area contributed by atoms with Crippen LogP contribution < -0.4 is 23.7 Å². The third-order valence-corrected chi connectivity index (χ3v) is 5.21. The average Bonchev–Trinajstić information content (AvgIpc) is 2.76. The van der Waals surface area contributed by atoms with Crippen LogP contribution in [0.4, 0.5) is 4.39 Å². The Morgan fingerprint density at radius 1 is 0.933 bits per heavy atom. The molecule has 1 N–H and O–H groups in total. The van der Waals surface area contributed by atoms with Gasteiger partial charge in [0.05, 0.1) is 34.0 Å². The molecule has 1 aliphatic heterocycles. The molecule has 1 saturated heterocycles.